The number of aryl methyl sites for hydroxylation is 1. The van der Waals surface area contributed by atoms with Crippen LogP contribution < -0.4 is 0 Å². The molecule has 0 aliphatic heterocycles. The van der Waals surface area contributed by atoms with Crippen LogP contribution in [-0.2, 0) is 16.0 Å². The van der Waals surface area contributed by atoms with Crippen molar-refractivity contribution in [3.05, 3.63) is 47.0 Å². The number of oxime groups is 1. The van der Waals surface area contributed by atoms with Crippen LogP contribution in [-0.4, -0.2) is 18.0 Å². The van der Waals surface area contributed by atoms with Crippen LogP contribution in [0.4, 0.5) is 4.79 Å². The van der Waals surface area contributed by atoms with E-state index in [0.717, 1.165) is 66.8 Å². The van der Waals surface area contributed by atoms with Crippen LogP contribution in [0.15, 0.2) is 41.1 Å². The molecule has 45 heavy (non-hydrogen) atoms. The summed E-state index contributed by atoms with van der Waals surface area (Å²) in [5, 5.41) is 4.12. The van der Waals surface area contributed by atoms with E-state index in [2.05, 4.69) is 77.0 Å². The second-order valence-electron chi connectivity index (χ2n) is 16.4. The van der Waals surface area contributed by atoms with Crippen LogP contribution in [0.25, 0.3) is 0 Å². The predicted octanol–water partition coefficient (Wildman–Crippen LogP) is 11.7. The monoisotopic (exact) mass is 617 g/mol. The Morgan fingerprint density at radius 1 is 0.956 bits per heavy atom. The molecule has 4 aliphatic carbocycles. The van der Waals surface area contributed by atoms with E-state index in [4.69, 9.17) is 9.57 Å². The van der Waals surface area contributed by atoms with Crippen LogP contribution in [0.3, 0.4) is 0 Å². The minimum absolute atomic E-state index is 0.123. The molecule has 4 heteroatoms. The second kappa shape index (κ2) is 14.8. The fourth-order valence-corrected chi connectivity index (χ4v) is 10.6. The van der Waals surface area contributed by atoms with Gasteiger partial charge in [0.2, 0.25) is 0 Å². The van der Waals surface area contributed by atoms with Gasteiger partial charge in [-0.1, -0.05) is 115 Å². The predicted molar refractivity (Wildman–Crippen MR) is 186 cm³/mol. The summed E-state index contributed by atoms with van der Waals surface area (Å²) in [6.07, 6.45) is 20.4. The largest absolute Gasteiger partial charge is 0.535 e. The van der Waals surface area contributed by atoms with Crippen LogP contribution in [0, 0.1) is 46.3 Å². The van der Waals surface area contributed by atoms with Crippen LogP contribution in [0.5, 0.6) is 0 Å². The zero-order chi connectivity index (χ0) is 32.2. The number of fused-ring (bicyclic) bond motifs is 5. The first-order valence-corrected chi connectivity index (χ1v) is 18.8. The molecule has 0 saturated heterocycles. The third-order valence-electron chi connectivity index (χ3n) is 13.2. The molecular formula is C41H63NO3. The van der Waals surface area contributed by atoms with Gasteiger partial charge in [-0.3, -0.25) is 4.84 Å². The Morgan fingerprint density at radius 2 is 1.73 bits per heavy atom. The summed E-state index contributed by atoms with van der Waals surface area (Å²) in [6, 6.07) is 8.43. The summed E-state index contributed by atoms with van der Waals surface area (Å²) in [7, 11) is 0. The zero-order valence-electron chi connectivity index (χ0n) is 29.7. The average molecular weight is 618 g/mol. The molecule has 8 atom stereocenters. The molecule has 1 aromatic carbocycles. The maximum Gasteiger partial charge on any atom is 0.535 e. The first kappa shape index (κ1) is 34.2. The molecule has 0 radical (unpaired) electrons. The maximum absolute atomic E-state index is 12.7. The smallest absolute Gasteiger partial charge is 0.429 e. The van der Waals surface area contributed by atoms with E-state index >= 15 is 0 Å². The second-order valence-corrected chi connectivity index (χ2v) is 16.4. The van der Waals surface area contributed by atoms with Crippen molar-refractivity contribution in [2.24, 2.45) is 51.5 Å². The molecule has 0 bridgehead atoms. The summed E-state index contributed by atoms with van der Waals surface area (Å²) in [5.74, 6) is 5.01. The van der Waals surface area contributed by atoms with E-state index in [1.807, 2.05) is 6.92 Å². The quantitative estimate of drug-likeness (QED) is 0.0585. The van der Waals surface area contributed by atoms with Gasteiger partial charge in [0.1, 0.15) is 6.10 Å². The molecule has 4 nitrogen and oxygen atoms in total. The number of rotatable bonds is 12. The minimum Gasteiger partial charge on any atom is -0.429 e. The van der Waals surface area contributed by atoms with E-state index in [1.54, 1.807) is 0 Å². The molecule has 4 aliphatic rings. The summed E-state index contributed by atoms with van der Waals surface area (Å²) >= 11 is 0. The Hall–Kier alpha value is -2.10. The molecular weight excluding hydrogens is 554 g/mol. The summed E-state index contributed by atoms with van der Waals surface area (Å²) in [5.41, 5.74) is 5.28. The van der Waals surface area contributed by atoms with Crippen molar-refractivity contribution in [1.82, 2.24) is 0 Å². The molecule has 3 fully saturated rings. The average Bonchev–Trinajstić information content (AvgIpc) is 3.37. The number of hydrogen-bond donors (Lipinski definition) is 0. The van der Waals surface area contributed by atoms with Crippen LogP contribution in [0.1, 0.15) is 149 Å². The SMILES string of the molecule is CCCCCc1ccc(/C(C)=N\OC(=O)O[C@H]2CC[C@@]3(C)C(=CC[C@H]4[C@@H]5CC[C@H]([C@@H](C)CCCC(C)C)[C@@]5(C)CC[C@@H]43)C2)cc1. The van der Waals surface area contributed by atoms with Gasteiger partial charge < -0.3 is 4.74 Å². The minimum atomic E-state index is -0.679. The lowest BCUT2D eigenvalue weighted by molar-refractivity contribution is -0.0616. The highest BCUT2D eigenvalue weighted by Gasteiger charge is 2.59. The van der Waals surface area contributed by atoms with Gasteiger partial charge >= 0.3 is 6.16 Å². The van der Waals surface area contributed by atoms with Crippen LogP contribution in [0.2, 0.25) is 0 Å². The highest BCUT2D eigenvalue weighted by atomic mass is 16.8. The summed E-state index contributed by atoms with van der Waals surface area (Å²) < 4.78 is 5.85. The van der Waals surface area contributed by atoms with Crippen molar-refractivity contribution in [2.45, 2.75) is 151 Å². The van der Waals surface area contributed by atoms with Crippen molar-refractivity contribution < 1.29 is 14.4 Å². The Balaban J connectivity index is 1.14. The molecule has 5 rings (SSSR count). The lowest BCUT2D eigenvalue weighted by Gasteiger charge is -2.58. The number of hydrogen-bond acceptors (Lipinski definition) is 4. The third kappa shape index (κ3) is 7.57. The molecule has 3 saturated carbocycles. The number of allylic oxidation sites excluding steroid dienone is 1. The number of ether oxygens (including phenoxy) is 1. The van der Waals surface area contributed by atoms with E-state index in [1.165, 1.54) is 81.8 Å². The lowest BCUT2D eigenvalue weighted by atomic mass is 9.47. The molecule has 0 spiro atoms. The zero-order valence-corrected chi connectivity index (χ0v) is 29.7. The maximum atomic E-state index is 12.7. The highest BCUT2D eigenvalue weighted by molar-refractivity contribution is 5.98. The van der Waals surface area contributed by atoms with Crippen molar-refractivity contribution in [2.75, 3.05) is 0 Å². The Labute approximate surface area is 275 Å². The molecule has 0 heterocycles. The van der Waals surface area contributed by atoms with Gasteiger partial charge in [-0.2, -0.15) is 0 Å². The number of carbonyl (C=O) groups is 1. The van der Waals surface area contributed by atoms with Crippen molar-refractivity contribution in [3.8, 4) is 0 Å². The van der Waals surface area contributed by atoms with E-state index in [-0.39, 0.29) is 11.5 Å². The number of benzene rings is 1. The Bertz CT molecular complexity index is 1200. The first-order chi connectivity index (χ1) is 21.5. The van der Waals surface area contributed by atoms with E-state index in [0.29, 0.717) is 11.1 Å². The van der Waals surface area contributed by atoms with Gasteiger partial charge in [-0.05, 0) is 122 Å². The van der Waals surface area contributed by atoms with Gasteiger partial charge in [0, 0.05) is 6.42 Å². The van der Waals surface area contributed by atoms with Crippen molar-refractivity contribution in [1.29, 1.82) is 0 Å². The van der Waals surface area contributed by atoms with Gasteiger partial charge in [0.15, 0.2) is 0 Å². The fourth-order valence-electron chi connectivity index (χ4n) is 10.6. The topological polar surface area (TPSA) is 47.9 Å². The van der Waals surface area contributed by atoms with Crippen LogP contribution >= 0.6 is 0 Å². The van der Waals surface area contributed by atoms with Gasteiger partial charge in [-0.25, -0.2) is 4.79 Å². The standard InChI is InChI=1S/C41H63NO3/c1-8-9-10-14-31-15-17-32(18-16-31)30(5)42-45-39(43)44-34-23-25-40(6)33(27-34)19-20-35-37-22-21-36(29(4)13-11-12-28(2)3)41(37,7)26-24-38(35)40/h15-19,28-29,34-38H,8-14,20-27H2,1-7H3/b42-30-/t29-,34-,35-,36+,37-,38-,40-,41+/m0/s1. The molecule has 0 unspecified atom stereocenters. The Morgan fingerprint density at radius 3 is 2.47 bits per heavy atom. The van der Waals surface area contributed by atoms with Crippen molar-refractivity contribution in [3.63, 3.8) is 0 Å². The highest BCUT2D eigenvalue weighted by Crippen LogP contribution is 2.67. The first-order valence-electron chi connectivity index (χ1n) is 18.8. The van der Waals surface area contributed by atoms with Gasteiger partial charge in [0.25, 0.3) is 0 Å². The Kier molecular flexibility index (Phi) is 11.2. The lowest BCUT2D eigenvalue weighted by Crippen LogP contribution is -2.51. The number of unbranched alkanes of at least 4 members (excludes halogenated alkanes) is 2. The summed E-state index contributed by atoms with van der Waals surface area (Å²) in [6.45, 7) is 16.6. The molecule has 1 aromatic rings. The van der Waals surface area contributed by atoms with Crippen molar-refractivity contribution >= 4 is 11.9 Å². The molecule has 250 valence electrons. The van der Waals surface area contributed by atoms with E-state index in [9.17, 15) is 4.79 Å². The van der Waals surface area contributed by atoms with Gasteiger partial charge in [0.05, 0.1) is 5.71 Å². The molecule has 0 amide bonds. The third-order valence-corrected chi connectivity index (χ3v) is 13.2. The van der Waals surface area contributed by atoms with Gasteiger partial charge in [-0.15, -0.1) is 0 Å². The fraction of sp³-hybridized carbons (Fsp3) is 0.756. The molecule has 0 N–H and O–H groups in total. The molecule has 0 aromatic heterocycles. The normalized spacial score (nSPS) is 33.6. The summed E-state index contributed by atoms with van der Waals surface area (Å²) in [4.78, 5) is 17.9. The number of nitrogens with zero attached hydrogens (tertiary/aromatic N) is 1. The number of carbonyl (C=O) groups excluding carboxylic acids is 1. The van der Waals surface area contributed by atoms with E-state index < -0.39 is 6.16 Å².